The minimum atomic E-state index is -4.62. The molecule has 20 heavy (non-hydrogen) atoms. The Morgan fingerprint density at radius 3 is 2.50 bits per heavy atom. The van der Waals surface area contributed by atoms with Crippen LogP contribution in [-0.4, -0.2) is 28.9 Å². The molecule has 0 bridgehead atoms. The van der Waals surface area contributed by atoms with Gasteiger partial charge in [-0.1, -0.05) is 19.9 Å². The van der Waals surface area contributed by atoms with E-state index in [-0.39, 0.29) is 13.1 Å². The van der Waals surface area contributed by atoms with Gasteiger partial charge in [0.15, 0.2) is 0 Å². The van der Waals surface area contributed by atoms with Crippen molar-refractivity contribution in [1.82, 2.24) is 9.88 Å². The number of aromatic nitrogens is 1. The highest BCUT2D eigenvalue weighted by Crippen LogP contribution is 2.28. The maximum atomic E-state index is 12.8. The molecule has 1 atom stereocenters. The maximum absolute atomic E-state index is 12.8. The Morgan fingerprint density at radius 1 is 1.30 bits per heavy atom. The number of pyridine rings is 1. The van der Waals surface area contributed by atoms with Crippen molar-refractivity contribution < 1.29 is 18.3 Å². The summed E-state index contributed by atoms with van der Waals surface area (Å²) in [6, 6.07) is 2.93. The number of nitrogens with zero attached hydrogens (tertiary/aromatic N) is 1. The number of hydrogen-bond donors (Lipinski definition) is 2. The SMILES string of the molecule is CC(C)CNCC(O)Cn1c(C(F)(F)F)cccc1=O. The number of hydrogen-bond acceptors (Lipinski definition) is 3. The Balaban J connectivity index is 2.79. The topological polar surface area (TPSA) is 54.3 Å². The molecule has 1 aromatic rings. The number of aliphatic hydroxyl groups is 1. The summed E-state index contributed by atoms with van der Waals surface area (Å²) in [6.45, 7) is 4.34. The van der Waals surface area contributed by atoms with Gasteiger partial charge in [-0.05, 0) is 18.5 Å². The van der Waals surface area contributed by atoms with Crippen molar-refractivity contribution in [3.63, 3.8) is 0 Å². The first-order chi connectivity index (χ1) is 9.21. The minimum absolute atomic E-state index is 0.136. The second kappa shape index (κ2) is 6.90. The molecule has 1 aromatic heterocycles. The molecule has 0 saturated heterocycles. The van der Waals surface area contributed by atoms with E-state index in [0.717, 1.165) is 18.2 Å². The molecule has 0 saturated carbocycles. The molecular formula is C13H19F3N2O2. The Labute approximate surface area is 115 Å². The number of halogens is 3. The molecule has 4 nitrogen and oxygen atoms in total. The molecule has 0 fully saturated rings. The zero-order valence-corrected chi connectivity index (χ0v) is 11.4. The lowest BCUT2D eigenvalue weighted by Crippen LogP contribution is -2.37. The van der Waals surface area contributed by atoms with E-state index in [0.29, 0.717) is 17.0 Å². The van der Waals surface area contributed by atoms with Crippen LogP contribution in [0.4, 0.5) is 13.2 Å². The van der Waals surface area contributed by atoms with Crippen molar-refractivity contribution in [3.8, 4) is 0 Å². The molecule has 0 aromatic carbocycles. The summed E-state index contributed by atoms with van der Waals surface area (Å²) in [5, 5.41) is 12.7. The molecule has 0 aliphatic heterocycles. The fraction of sp³-hybridized carbons (Fsp3) is 0.615. The fourth-order valence-corrected chi connectivity index (χ4v) is 1.77. The molecule has 2 N–H and O–H groups in total. The first-order valence-electron chi connectivity index (χ1n) is 6.37. The standard InChI is InChI=1S/C13H19F3N2O2/c1-9(2)6-17-7-10(19)8-18-11(13(14,15)16)4-3-5-12(18)20/h3-5,9-10,17,19H,6-8H2,1-2H3. The van der Waals surface area contributed by atoms with Crippen LogP contribution in [0, 0.1) is 5.92 Å². The van der Waals surface area contributed by atoms with Gasteiger partial charge in [-0.3, -0.25) is 4.79 Å². The van der Waals surface area contributed by atoms with Crippen LogP contribution in [0.1, 0.15) is 19.5 Å². The molecule has 0 amide bonds. The number of alkyl halides is 3. The Bertz CT molecular complexity index is 483. The Hall–Kier alpha value is -1.34. The van der Waals surface area contributed by atoms with Crippen LogP contribution >= 0.6 is 0 Å². The number of nitrogens with one attached hydrogen (secondary N) is 1. The zero-order valence-electron chi connectivity index (χ0n) is 11.4. The van der Waals surface area contributed by atoms with E-state index >= 15 is 0 Å². The van der Waals surface area contributed by atoms with Gasteiger partial charge in [0.1, 0.15) is 5.69 Å². The smallest absolute Gasteiger partial charge is 0.390 e. The van der Waals surface area contributed by atoms with E-state index in [4.69, 9.17) is 0 Å². The van der Waals surface area contributed by atoms with E-state index in [1.807, 2.05) is 13.8 Å². The van der Waals surface area contributed by atoms with Crippen LogP contribution in [0.2, 0.25) is 0 Å². The van der Waals surface area contributed by atoms with Gasteiger partial charge in [-0.2, -0.15) is 13.2 Å². The predicted molar refractivity (Wildman–Crippen MR) is 69.4 cm³/mol. The molecule has 7 heteroatoms. The summed E-state index contributed by atoms with van der Waals surface area (Å²) in [5.74, 6) is 0.368. The van der Waals surface area contributed by atoms with Crippen molar-refractivity contribution in [3.05, 3.63) is 34.2 Å². The third kappa shape index (κ3) is 4.97. The fourth-order valence-electron chi connectivity index (χ4n) is 1.77. The van der Waals surface area contributed by atoms with Crippen LogP contribution < -0.4 is 10.9 Å². The molecule has 0 aliphatic carbocycles. The Morgan fingerprint density at radius 2 is 1.95 bits per heavy atom. The third-order valence-corrected chi connectivity index (χ3v) is 2.67. The largest absolute Gasteiger partial charge is 0.431 e. The van der Waals surface area contributed by atoms with Crippen LogP contribution in [0.5, 0.6) is 0 Å². The van der Waals surface area contributed by atoms with Crippen molar-refractivity contribution >= 4 is 0 Å². The summed E-state index contributed by atoms with van der Waals surface area (Å²) in [7, 11) is 0. The normalized spacial score (nSPS) is 13.8. The molecule has 0 radical (unpaired) electrons. The van der Waals surface area contributed by atoms with E-state index < -0.39 is 23.5 Å². The van der Waals surface area contributed by atoms with E-state index in [1.54, 1.807) is 0 Å². The molecular weight excluding hydrogens is 273 g/mol. The second-order valence-corrected chi connectivity index (χ2v) is 5.06. The molecule has 1 rings (SSSR count). The highest BCUT2D eigenvalue weighted by Gasteiger charge is 2.34. The van der Waals surface area contributed by atoms with Gasteiger partial charge in [0.05, 0.1) is 12.6 Å². The lowest BCUT2D eigenvalue weighted by molar-refractivity contribution is -0.144. The maximum Gasteiger partial charge on any atom is 0.431 e. The summed E-state index contributed by atoms with van der Waals surface area (Å²) in [5.41, 5.74) is -1.82. The second-order valence-electron chi connectivity index (χ2n) is 5.06. The summed E-state index contributed by atoms with van der Waals surface area (Å²) < 4.78 is 38.9. The first-order valence-corrected chi connectivity index (χ1v) is 6.37. The average molecular weight is 292 g/mol. The molecule has 0 aliphatic rings. The Kier molecular flexibility index (Phi) is 5.76. The van der Waals surface area contributed by atoms with E-state index in [2.05, 4.69) is 5.32 Å². The van der Waals surface area contributed by atoms with Crippen LogP contribution in [0.25, 0.3) is 0 Å². The monoisotopic (exact) mass is 292 g/mol. The van der Waals surface area contributed by atoms with Crippen LogP contribution in [-0.2, 0) is 12.7 Å². The number of aliphatic hydroxyl groups excluding tert-OH is 1. The van der Waals surface area contributed by atoms with Gasteiger partial charge in [0.2, 0.25) is 0 Å². The average Bonchev–Trinajstić information content (AvgIpc) is 2.29. The summed E-state index contributed by atoms with van der Waals surface area (Å²) >= 11 is 0. The van der Waals surface area contributed by atoms with Gasteiger partial charge in [-0.25, -0.2) is 0 Å². The molecule has 1 heterocycles. The van der Waals surface area contributed by atoms with Crippen molar-refractivity contribution in [2.24, 2.45) is 5.92 Å². The molecule has 1 unspecified atom stereocenters. The lowest BCUT2D eigenvalue weighted by Gasteiger charge is -2.18. The van der Waals surface area contributed by atoms with Crippen molar-refractivity contribution in [2.45, 2.75) is 32.7 Å². The van der Waals surface area contributed by atoms with E-state index in [9.17, 15) is 23.1 Å². The van der Waals surface area contributed by atoms with E-state index in [1.165, 1.54) is 0 Å². The lowest BCUT2D eigenvalue weighted by atomic mass is 10.2. The third-order valence-electron chi connectivity index (χ3n) is 2.67. The zero-order chi connectivity index (χ0) is 15.3. The number of rotatable bonds is 6. The molecule has 0 spiro atoms. The van der Waals surface area contributed by atoms with Gasteiger partial charge < -0.3 is 15.0 Å². The van der Waals surface area contributed by atoms with Crippen molar-refractivity contribution in [1.29, 1.82) is 0 Å². The van der Waals surface area contributed by atoms with Gasteiger partial charge in [0.25, 0.3) is 5.56 Å². The minimum Gasteiger partial charge on any atom is -0.390 e. The van der Waals surface area contributed by atoms with Crippen molar-refractivity contribution in [2.75, 3.05) is 13.1 Å². The van der Waals surface area contributed by atoms with Crippen LogP contribution in [0.15, 0.2) is 23.0 Å². The quantitative estimate of drug-likeness (QED) is 0.835. The predicted octanol–water partition coefficient (Wildman–Crippen LogP) is 1.47. The van der Waals surface area contributed by atoms with Gasteiger partial charge >= 0.3 is 6.18 Å². The highest BCUT2D eigenvalue weighted by atomic mass is 19.4. The molecule has 114 valence electrons. The first kappa shape index (κ1) is 16.7. The summed E-state index contributed by atoms with van der Waals surface area (Å²) in [6.07, 6.45) is -5.68. The summed E-state index contributed by atoms with van der Waals surface area (Å²) in [4.78, 5) is 11.5. The highest BCUT2D eigenvalue weighted by molar-refractivity contribution is 5.10. The van der Waals surface area contributed by atoms with Crippen LogP contribution in [0.3, 0.4) is 0 Å². The van der Waals surface area contributed by atoms with Gasteiger partial charge in [0, 0.05) is 12.6 Å². The van der Waals surface area contributed by atoms with Gasteiger partial charge in [-0.15, -0.1) is 0 Å².